The maximum absolute atomic E-state index is 12.5. The van der Waals surface area contributed by atoms with Gasteiger partial charge in [0.05, 0.1) is 6.61 Å². The van der Waals surface area contributed by atoms with Crippen LogP contribution in [0.15, 0.2) is 54.6 Å². The predicted molar refractivity (Wildman–Crippen MR) is 155 cm³/mol. The van der Waals surface area contributed by atoms with Crippen LogP contribution < -0.4 is 20.7 Å². The molecule has 0 saturated carbocycles. The van der Waals surface area contributed by atoms with Gasteiger partial charge < -0.3 is 25.4 Å². The number of anilines is 1. The predicted octanol–water partition coefficient (Wildman–Crippen LogP) is 4.84. The first kappa shape index (κ1) is 33.5. The molecule has 0 aliphatic carbocycles. The van der Waals surface area contributed by atoms with Gasteiger partial charge in [-0.05, 0) is 75.7 Å². The van der Waals surface area contributed by atoms with Crippen molar-refractivity contribution in [3.63, 3.8) is 0 Å². The number of carbonyl (C=O) groups is 1. The summed E-state index contributed by atoms with van der Waals surface area (Å²) in [4.78, 5) is 14.5. The quantitative estimate of drug-likeness (QED) is 0.219. The molecule has 4 N–H and O–H groups in total. The summed E-state index contributed by atoms with van der Waals surface area (Å²) in [6, 6.07) is 14.9. The molecular weight excluding hydrogens is 523 g/mol. The fourth-order valence-corrected chi connectivity index (χ4v) is 3.81. The summed E-state index contributed by atoms with van der Waals surface area (Å²) in [6.07, 6.45) is 6.20. The summed E-state index contributed by atoms with van der Waals surface area (Å²) in [5.41, 5.74) is 8.13. The Balaban J connectivity index is 0.00000408. The van der Waals surface area contributed by atoms with E-state index in [9.17, 15) is 4.79 Å². The lowest BCUT2D eigenvalue weighted by molar-refractivity contribution is -0.144. The first-order valence-electron chi connectivity index (χ1n) is 11.5. The lowest BCUT2D eigenvalue weighted by Gasteiger charge is -2.29. The molecule has 0 aromatic heterocycles. The molecule has 0 bridgehead atoms. The Hall–Kier alpha value is -2.45. The lowest BCUT2D eigenvalue weighted by atomic mass is 10.1. The molecule has 36 heavy (non-hydrogen) atoms. The van der Waals surface area contributed by atoms with E-state index < -0.39 is 6.04 Å². The van der Waals surface area contributed by atoms with Crippen molar-refractivity contribution in [3.05, 3.63) is 65.7 Å². The van der Waals surface area contributed by atoms with E-state index in [-0.39, 0.29) is 55.1 Å². The number of halogens is 3. The molecule has 2 aromatic rings. The molecule has 10 heteroatoms. The van der Waals surface area contributed by atoms with Gasteiger partial charge in [0.15, 0.2) is 0 Å². The van der Waals surface area contributed by atoms with Gasteiger partial charge in [0.1, 0.15) is 23.7 Å². The van der Waals surface area contributed by atoms with Crippen molar-refractivity contribution < 1.29 is 14.3 Å². The zero-order chi connectivity index (χ0) is 23.6. The Labute approximate surface area is 232 Å². The highest BCUT2D eigenvalue weighted by molar-refractivity contribution is 5.95. The molecule has 1 heterocycles. The molecule has 0 spiro atoms. The minimum Gasteiger partial charge on any atom is -0.490 e. The van der Waals surface area contributed by atoms with Crippen LogP contribution in [0, 0.1) is 5.41 Å². The van der Waals surface area contributed by atoms with Gasteiger partial charge >= 0.3 is 5.97 Å². The number of ether oxygens (including phenoxy) is 2. The van der Waals surface area contributed by atoms with Gasteiger partial charge in [-0.3, -0.25) is 5.41 Å². The molecule has 7 nitrogen and oxygen atoms in total. The first-order valence-corrected chi connectivity index (χ1v) is 11.5. The van der Waals surface area contributed by atoms with Gasteiger partial charge in [-0.15, -0.1) is 37.2 Å². The number of piperidine rings is 1. The maximum atomic E-state index is 12.5. The second kappa shape index (κ2) is 17.1. The standard InChI is InChI=1S/C26H34N4O3.3ClH/c1-3-32-26(31)19(2)30(17-5-7-20-6-4-8-21(18-20)25(27)28)22-9-11-23(12-10-22)33-24-13-15-29-16-14-24;;;/h4-12,18-19,24,29H,3,13-17H2,1-2H3,(H3,27,28);3*1H/b7-5+;;;. The molecule has 1 aliphatic heterocycles. The smallest absolute Gasteiger partial charge is 0.328 e. The monoisotopic (exact) mass is 558 g/mol. The minimum absolute atomic E-state index is 0. The average Bonchev–Trinajstić information content (AvgIpc) is 2.83. The number of nitrogens with two attached hydrogens (primary N) is 1. The average molecular weight is 560 g/mol. The molecule has 3 rings (SSSR count). The minimum atomic E-state index is -0.450. The van der Waals surface area contributed by atoms with E-state index in [1.807, 2.05) is 79.4 Å². The third-order valence-corrected chi connectivity index (χ3v) is 5.66. The number of nitrogens with one attached hydrogen (secondary N) is 2. The topological polar surface area (TPSA) is 101 Å². The third kappa shape index (κ3) is 9.90. The van der Waals surface area contributed by atoms with Crippen molar-refractivity contribution in [2.75, 3.05) is 31.1 Å². The summed E-state index contributed by atoms with van der Waals surface area (Å²) in [5, 5.41) is 11.0. The summed E-state index contributed by atoms with van der Waals surface area (Å²) in [7, 11) is 0. The highest BCUT2D eigenvalue weighted by atomic mass is 35.5. The second-order valence-electron chi connectivity index (χ2n) is 8.08. The number of hydrogen-bond acceptors (Lipinski definition) is 6. The Bertz CT molecular complexity index is 967. The van der Waals surface area contributed by atoms with E-state index in [1.165, 1.54) is 0 Å². The number of benzene rings is 2. The summed E-state index contributed by atoms with van der Waals surface area (Å²) < 4.78 is 11.4. The van der Waals surface area contributed by atoms with Crippen LogP contribution in [0.1, 0.15) is 37.8 Å². The molecule has 0 radical (unpaired) electrons. The van der Waals surface area contributed by atoms with Crippen LogP contribution in [0.25, 0.3) is 6.08 Å². The number of nitrogen functional groups attached to an aromatic ring is 1. The lowest BCUT2D eigenvalue weighted by Crippen LogP contribution is -2.40. The largest absolute Gasteiger partial charge is 0.490 e. The molecule has 1 atom stereocenters. The van der Waals surface area contributed by atoms with E-state index in [0.717, 1.165) is 42.9 Å². The van der Waals surface area contributed by atoms with Gasteiger partial charge in [0, 0.05) is 17.8 Å². The highest BCUT2D eigenvalue weighted by Gasteiger charge is 2.22. The molecule has 1 unspecified atom stereocenters. The molecule has 1 fully saturated rings. The van der Waals surface area contributed by atoms with Crippen molar-refractivity contribution in [2.45, 2.75) is 38.8 Å². The summed E-state index contributed by atoms with van der Waals surface area (Å²) in [6.45, 7) is 6.47. The van der Waals surface area contributed by atoms with Crippen LogP contribution in [-0.2, 0) is 9.53 Å². The Morgan fingerprint density at radius 1 is 1.17 bits per heavy atom. The summed E-state index contributed by atoms with van der Waals surface area (Å²) >= 11 is 0. The highest BCUT2D eigenvalue weighted by Crippen LogP contribution is 2.24. The molecule has 1 saturated heterocycles. The Kier molecular flexibility index (Phi) is 15.9. The van der Waals surface area contributed by atoms with E-state index in [2.05, 4.69) is 5.32 Å². The van der Waals surface area contributed by atoms with Crippen molar-refractivity contribution in [2.24, 2.45) is 5.73 Å². The van der Waals surface area contributed by atoms with E-state index in [4.69, 9.17) is 20.6 Å². The van der Waals surface area contributed by atoms with Crippen LogP contribution in [0.4, 0.5) is 5.69 Å². The molecule has 0 amide bonds. The fraction of sp³-hybridized carbons (Fsp3) is 0.385. The van der Waals surface area contributed by atoms with E-state index in [0.29, 0.717) is 18.7 Å². The van der Waals surface area contributed by atoms with Gasteiger partial charge in [-0.1, -0.05) is 30.4 Å². The van der Waals surface area contributed by atoms with Crippen LogP contribution in [0.5, 0.6) is 5.75 Å². The molecular formula is C26H37Cl3N4O3. The first-order chi connectivity index (χ1) is 16.0. The van der Waals surface area contributed by atoms with Crippen LogP contribution in [0.2, 0.25) is 0 Å². The Morgan fingerprint density at radius 2 is 1.83 bits per heavy atom. The third-order valence-electron chi connectivity index (χ3n) is 5.66. The normalized spacial score (nSPS) is 13.9. The summed E-state index contributed by atoms with van der Waals surface area (Å²) in [5.74, 6) is 0.611. The van der Waals surface area contributed by atoms with E-state index in [1.54, 1.807) is 0 Å². The zero-order valence-corrected chi connectivity index (χ0v) is 23.1. The van der Waals surface area contributed by atoms with Gasteiger partial charge in [-0.2, -0.15) is 0 Å². The molecule has 2 aromatic carbocycles. The van der Waals surface area contributed by atoms with Crippen LogP contribution >= 0.6 is 37.2 Å². The number of amidine groups is 1. The van der Waals surface area contributed by atoms with Crippen LogP contribution in [-0.4, -0.2) is 50.2 Å². The van der Waals surface area contributed by atoms with Crippen molar-refractivity contribution in [1.29, 1.82) is 5.41 Å². The Morgan fingerprint density at radius 3 is 2.44 bits per heavy atom. The molecule has 200 valence electrons. The SMILES string of the molecule is CCOC(=O)C(C)N(C/C=C/c1cccc(C(=N)N)c1)c1ccc(OC2CCNCC2)cc1.Cl.Cl.Cl. The van der Waals surface area contributed by atoms with Crippen molar-refractivity contribution in [1.82, 2.24) is 5.32 Å². The number of carbonyl (C=O) groups excluding carboxylic acids is 1. The number of esters is 1. The number of hydrogen-bond donors (Lipinski definition) is 3. The second-order valence-corrected chi connectivity index (χ2v) is 8.08. The van der Waals surface area contributed by atoms with Gasteiger partial charge in [-0.25, -0.2) is 4.79 Å². The van der Waals surface area contributed by atoms with E-state index >= 15 is 0 Å². The fourth-order valence-electron chi connectivity index (χ4n) is 3.81. The maximum Gasteiger partial charge on any atom is 0.328 e. The number of nitrogens with zero attached hydrogens (tertiary/aromatic N) is 1. The van der Waals surface area contributed by atoms with Crippen molar-refractivity contribution >= 4 is 60.8 Å². The van der Waals surface area contributed by atoms with Crippen LogP contribution in [0.3, 0.4) is 0 Å². The van der Waals surface area contributed by atoms with Gasteiger partial charge in [0.25, 0.3) is 0 Å². The molecule has 1 aliphatic rings. The van der Waals surface area contributed by atoms with Crippen molar-refractivity contribution in [3.8, 4) is 5.75 Å². The van der Waals surface area contributed by atoms with Gasteiger partial charge in [0.2, 0.25) is 0 Å². The number of rotatable bonds is 10. The zero-order valence-electron chi connectivity index (χ0n) is 20.6.